The molecule has 0 amide bonds. The van der Waals surface area contributed by atoms with E-state index >= 15 is 0 Å². The van der Waals surface area contributed by atoms with Crippen molar-refractivity contribution in [3.63, 3.8) is 0 Å². The Bertz CT molecular complexity index is 517. The Morgan fingerprint density at radius 1 is 1.20 bits per heavy atom. The van der Waals surface area contributed by atoms with Crippen molar-refractivity contribution in [2.24, 2.45) is 11.8 Å². The van der Waals surface area contributed by atoms with Gasteiger partial charge in [-0.25, -0.2) is 4.79 Å². The number of carboxylic acid groups (broad SMARTS) is 1. The molecule has 3 nitrogen and oxygen atoms in total. The summed E-state index contributed by atoms with van der Waals surface area (Å²) < 4.78 is 0. The summed E-state index contributed by atoms with van der Waals surface area (Å²) in [4.78, 5) is 13.6. The number of halogens is 1. The van der Waals surface area contributed by atoms with Crippen LogP contribution < -0.4 is 4.90 Å². The standard InChI is InChI=1S/C16H20ClNO2/c17-13-5-6-14(16(19)20)15(9-13)18-8-7-11-3-1-2-4-12(11)10-18/h5-6,9,11-12H,1-4,7-8,10H2,(H,19,20). The number of carbonyl (C=O) groups is 1. The number of carboxylic acids is 1. The summed E-state index contributed by atoms with van der Waals surface area (Å²) in [5, 5.41) is 9.96. The molecule has 1 aromatic carbocycles. The van der Waals surface area contributed by atoms with Gasteiger partial charge in [0.05, 0.1) is 11.3 Å². The largest absolute Gasteiger partial charge is 0.478 e. The van der Waals surface area contributed by atoms with Crippen molar-refractivity contribution in [3.8, 4) is 0 Å². The number of aromatic carboxylic acids is 1. The van der Waals surface area contributed by atoms with Gasteiger partial charge in [0.15, 0.2) is 0 Å². The Kier molecular flexibility index (Phi) is 3.88. The van der Waals surface area contributed by atoms with E-state index in [2.05, 4.69) is 4.90 Å². The van der Waals surface area contributed by atoms with Crippen molar-refractivity contribution in [1.29, 1.82) is 0 Å². The Morgan fingerprint density at radius 3 is 2.70 bits per heavy atom. The molecule has 1 heterocycles. The second-order valence-electron chi connectivity index (χ2n) is 6.01. The molecule has 2 atom stereocenters. The minimum atomic E-state index is -0.873. The number of hydrogen-bond acceptors (Lipinski definition) is 2. The first kappa shape index (κ1) is 13.7. The van der Waals surface area contributed by atoms with Gasteiger partial charge in [-0.15, -0.1) is 0 Å². The van der Waals surface area contributed by atoms with Crippen LogP contribution in [0.4, 0.5) is 5.69 Å². The molecular formula is C16H20ClNO2. The lowest BCUT2D eigenvalue weighted by molar-refractivity contribution is 0.0697. The van der Waals surface area contributed by atoms with E-state index in [1.54, 1.807) is 18.2 Å². The molecule has 1 aromatic rings. The predicted molar refractivity (Wildman–Crippen MR) is 80.7 cm³/mol. The number of hydrogen-bond donors (Lipinski definition) is 1. The van der Waals surface area contributed by atoms with Gasteiger partial charge in [-0.2, -0.15) is 0 Å². The van der Waals surface area contributed by atoms with Gasteiger partial charge in [0, 0.05) is 18.1 Å². The highest BCUT2D eigenvalue weighted by Crippen LogP contribution is 2.38. The first-order valence-corrected chi connectivity index (χ1v) is 7.81. The summed E-state index contributed by atoms with van der Waals surface area (Å²) in [7, 11) is 0. The van der Waals surface area contributed by atoms with Gasteiger partial charge in [0.2, 0.25) is 0 Å². The van der Waals surface area contributed by atoms with Crippen LogP contribution in [-0.2, 0) is 0 Å². The van der Waals surface area contributed by atoms with E-state index in [1.165, 1.54) is 32.1 Å². The lowest BCUT2D eigenvalue weighted by Gasteiger charge is -2.42. The third-order valence-corrected chi connectivity index (χ3v) is 5.06. The quantitative estimate of drug-likeness (QED) is 0.894. The van der Waals surface area contributed by atoms with E-state index in [0.717, 1.165) is 30.6 Å². The van der Waals surface area contributed by atoms with Crippen LogP contribution in [-0.4, -0.2) is 24.2 Å². The van der Waals surface area contributed by atoms with Crippen molar-refractivity contribution in [2.45, 2.75) is 32.1 Å². The van der Waals surface area contributed by atoms with Crippen LogP contribution in [0.2, 0.25) is 5.02 Å². The fourth-order valence-corrected chi connectivity index (χ4v) is 3.93. The molecule has 1 aliphatic carbocycles. The molecule has 0 spiro atoms. The Hall–Kier alpha value is -1.22. The first-order valence-electron chi connectivity index (χ1n) is 7.43. The molecule has 2 aliphatic rings. The monoisotopic (exact) mass is 293 g/mol. The van der Waals surface area contributed by atoms with Crippen molar-refractivity contribution in [1.82, 2.24) is 0 Å². The van der Waals surface area contributed by atoms with E-state index in [-0.39, 0.29) is 0 Å². The van der Waals surface area contributed by atoms with Gasteiger partial charge < -0.3 is 10.0 Å². The molecule has 0 radical (unpaired) electrons. The van der Waals surface area contributed by atoms with E-state index < -0.39 is 5.97 Å². The predicted octanol–water partition coefficient (Wildman–Crippen LogP) is 4.05. The Labute approximate surface area is 124 Å². The smallest absolute Gasteiger partial charge is 0.337 e. The maximum Gasteiger partial charge on any atom is 0.337 e. The van der Waals surface area contributed by atoms with Crippen LogP contribution in [0.3, 0.4) is 0 Å². The van der Waals surface area contributed by atoms with E-state index in [9.17, 15) is 9.90 Å². The van der Waals surface area contributed by atoms with Crippen LogP contribution >= 0.6 is 11.6 Å². The van der Waals surface area contributed by atoms with Crippen LogP contribution in [0, 0.1) is 11.8 Å². The SMILES string of the molecule is O=C(O)c1ccc(Cl)cc1N1CCC2CCCCC2C1. The summed E-state index contributed by atoms with van der Waals surface area (Å²) in [6.07, 6.45) is 6.48. The second kappa shape index (κ2) is 5.65. The Balaban J connectivity index is 1.85. The molecule has 2 fully saturated rings. The third kappa shape index (κ3) is 2.64. The maximum atomic E-state index is 11.4. The first-order chi connectivity index (χ1) is 9.65. The summed E-state index contributed by atoms with van der Waals surface area (Å²) in [6.45, 7) is 1.92. The highest BCUT2D eigenvalue weighted by molar-refractivity contribution is 6.31. The third-order valence-electron chi connectivity index (χ3n) is 4.82. The number of benzene rings is 1. The van der Waals surface area contributed by atoms with Gasteiger partial charge in [-0.1, -0.05) is 30.9 Å². The zero-order valence-corrected chi connectivity index (χ0v) is 12.3. The van der Waals surface area contributed by atoms with Crippen molar-refractivity contribution >= 4 is 23.3 Å². The fraction of sp³-hybridized carbons (Fsp3) is 0.562. The molecule has 1 aliphatic heterocycles. The van der Waals surface area contributed by atoms with Crippen LogP contribution in [0.1, 0.15) is 42.5 Å². The summed E-state index contributed by atoms with van der Waals surface area (Å²) in [5.74, 6) is 0.688. The van der Waals surface area contributed by atoms with Crippen LogP contribution in [0.15, 0.2) is 18.2 Å². The Morgan fingerprint density at radius 2 is 1.95 bits per heavy atom. The molecule has 1 N–H and O–H groups in total. The minimum Gasteiger partial charge on any atom is -0.478 e. The second-order valence-corrected chi connectivity index (χ2v) is 6.44. The highest BCUT2D eigenvalue weighted by atomic mass is 35.5. The summed E-state index contributed by atoms with van der Waals surface area (Å²) >= 11 is 6.06. The maximum absolute atomic E-state index is 11.4. The lowest BCUT2D eigenvalue weighted by atomic mass is 9.75. The number of piperidine rings is 1. The molecule has 1 saturated carbocycles. The van der Waals surface area contributed by atoms with Gasteiger partial charge >= 0.3 is 5.97 Å². The molecule has 0 bridgehead atoms. The molecule has 3 rings (SSSR count). The fourth-order valence-electron chi connectivity index (χ4n) is 3.77. The van der Waals surface area contributed by atoms with Gasteiger partial charge in [-0.05, 0) is 42.9 Å². The molecule has 4 heteroatoms. The zero-order valence-electron chi connectivity index (χ0n) is 11.5. The minimum absolute atomic E-state index is 0.364. The van der Waals surface area contributed by atoms with Gasteiger partial charge in [0.25, 0.3) is 0 Å². The normalized spacial score (nSPS) is 26.1. The van der Waals surface area contributed by atoms with E-state index in [0.29, 0.717) is 10.6 Å². The summed E-state index contributed by atoms with van der Waals surface area (Å²) in [6, 6.07) is 5.07. The topological polar surface area (TPSA) is 40.5 Å². The zero-order chi connectivity index (χ0) is 14.1. The molecule has 2 unspecified atom stereocenters. The highest BCUT2D eigenvalue weighted by Gasteiger charge is 2.32. The molecular weight excluding hydrogens is 274 g/mol. The van der Waals surface area contributed by atoms with Crippen molar-refractivity contribution in [2.75, 3.05) is 18.0 Å². The van der Waals surface area contributed by atoms with Gasteiger partial charge in [0.1, 0.15) is 0 Å². The van der Waals surface area contributed by atoms with Crippen molar-refractivity contribution in [3.05, 3.63) is 28.8 Å². The number of fused-ring (bicyclic) bond motifs is 1. The lowest BCUT2D eigenvalue weighted by Crippen LogP contribution is -2.42. The van der Waals surface area contributed by atoms with E-state index in [4.69, 9.17) is 11.6 Å². The van der Waals surface area contributed by atoms with Crippen LogP contribution in [0.5, 0.6) is 0 Å². The average Bonchev–Trinajstić information content (AvgIpc) is 2.46. The average molecular weight is 294 g/mol. The van der Waals surface area contributed by atoms with Crippen molar-refractivity contribution < 1.29 is 9.90 Å². The summed E-state index contributed by atoms with van der Waals surface area (Å²) in [5.41, 5.74) is 1.15. The number of anilines is 1. The molecule has 108 valence electrons. The number of nitrogens with zero attached hydrogens (tertiary/aromatic N) is 1. The molecule has 0 aromatic heterocycles. The molecule has 1 saturated heterocycles. The van der Waals surface area contributed by atoms with Crippen LogP contribution in [0.25, 0.3) is 0 Å². The number of rotatable bonds is 2. The molecule has 20 heavy (non-hydrogen) atoms. The van der Waals surface area contributed by atoms with Gasteiger partial charge in [-0.3, -0.25) is 0 Å². The van der Waals surface area contributed by atoms with E-state index in [1.807, 2.05) is 0 Å².